The molecule has 2 heterocycles. The monoisotopic (exact) mass is 493 g/mol. The fourth-order valence-corrected chi connectivity index (χ4v) is 6.17. The van der Waals surface area contributed by atoms with Crippen molar-refractivity contribution < 1.29 is 4.79 Å². The number of thioether (sulfide) groups is 1. The van der Waals surface area contributed by atoms with E-state index in [1.807, 2.05) is 60.0 Å². The average molecular weight is 494 g/mol. The number of thiazole rings is 1. The van der Waals surface area contributed by atoms with Gasteiger partial charge in [-0.2, -0.15) is 0 Å². The highest BCUT2D eigenvalue weighted by molar-refractivity contribution is 7.99. The fourth-order valence-electron chi connectivity index (χ4n) is 4.50. The molecule has 2 aromatic carbocycles. The number of para-hydroxylation sites is 2. The fraction of sp³-hybridized carbons (Fsp3) is 0.360. The molecule has 1 N–H and O–H groups in total. The summed E-state index contributed by atoms with van der Waals surface area (Å²) >= 11 is 2.61. The minimum absolute atomic E-state index is 0.0258. The van der Waals surface area contributed by atoms with Gasteiger partial charge in [0.1, 0.15) is 0 Å². The van der Waals surface area contributed by atoms with Crippen LogP contribution in [0.25, 0.3) is 15.9 Å². The maximum absolute atomic E-state index is 12.7. The zero-order valence-corrected chi connectivity index (χ0v) is 20.7. The average Bonchev–Trinajstić information content (AvgIpc) is 3.39. The topological polar surface area (TPSA) is 81.8 Å². The first-order valence-corrected chi connectivity index (χ1v) is 13.4. The molecule has 0 radical (unpaired) electrons. The van der Waals surface area contributed by atoms with Crippen LogP contribution in [0.2, 0.25) is 0 Å². The van der Waals surface area contributed by atoms with Gasteiger partial charge in [0, 0.05) is 6.04 Å². The third-order valence-electron chi connectivity index (χ3n) is 6.23. The van der Waals surface area contributed by atoms with Gasteiger partial charge in [0.2, 0.25) is 5.91 Å². The Kier molecular flexibility index (Phi) is 6.82. The molecular formula is C25H27N5O2S2. The molecule has 176 valence electrons. The summed E-state index contributed by atoms with van der Waals surface area (Å²) in [5.74, 6) is 0.968. The Morgan fingerprint density at radius 1 is 1.09 bits per heavy atom. The molecule has 1 fully saturated rings. The van der Waals surface area contributed by atoms with Crippen LogP contribution in [0.5, 0.6) is 0 Å². The van der Waals surface area contributed by atoms with Gasteiger partial charge in [0.25, 0.3) is 0 Å². The van der Waals surface area contributed by atoms with Crippen molar-refractivity contribution in [2.75, 3.05) is 5.75 Å². The van der Waals surface area contributed by atoms with Gasteiger partial charge in [-0.3, -0.25) is 18.7 Å². The van der Waals surface area contributed by atoms with E-state index in [-0.39, 0.29) is 22.6 Å². The molecule has 5 rings (SSSR count). The summed E-state index contributed by atoms with van der Waals surface area (Å²) in [4.78, 5) is 25.3. The van der Waals surface area contributed by atoms with Crippen LogP contribution >= 0.6 is 23.1 Å². The molecular weight excluding hydrogens is 466 g/mol. The largest absolute Gasteiger partial charge is 0.353 e. The summed E-state index contributed by atoms with van der Waals surface area (Å²) in [6, 6.07) is 16.1. The SMILES string of the molecule is Cc1ccccc1-n1c(Cn2c(=O)sc3ccccc32)nnc1SCC(=O)NC1CCCCC1. The first-order chi connectivity index (χ1) is 16.6. The molecule has 1 amide bonds. The standard InChI is InChI=1S/C25H27N5O2S2/c1-17-9-5-6-12-19(17)30-22(15-29-20-13-7-8-14-21(20)34-25(29)32)27-28-24(30)33-16-23(31)26-18-10-3-2-4-11-18/h5-9,12-14,18H,2-4,10-11,15-16H2,1H3,(H,26,31). The van der Waals surface area contributed by atoms with Crippen molar-refractivity contribution in [3.05, 3.63) is 69.6 Å². The van der Waals surface area contributed by atoms with E-state index in [0.29, 0.717) is 17.5 Å². The molecule has 0 bridgehead atoms. The van der Waals surface area contributed by atoms with Gasteiger partial charge in [-0.1, -0.05) is 72.7 Å². The second-order valence-electron chi connectivity index (χ2n) is 8.63. The number of carbonyl (C=O) groups is 1. The van der Waals surface area contributed by atoms with Gasteiger partial charge < -0.3 is 5.32 Å². The molecule has 34 heavy (non-hydrogen) atoms. The lowest BCUT2D eigenvalue weighted by Crippen LogP contribution is -2.37. The Bertz CT molecular complexity index is 1370. The number of hydrogen-bond donors (Lipinski definition) is 1. The Labute approximate surface area is 206 Å². The summed E-state index contributed by atoms with van der Waals surface area (Å²) < 4.78 is 4.67. The smallest absolute Gasteiger partial charge is 0.308 e. The highest BCUT2D eigenvalue weighted by Crippen LogP contribution is 2.26. The number of carbonyl (C=O) groups excluding carboxylic acids is 1. The van der Waals surface area contributed by atoms with Gasteiger partial charge in [0.15, 0.2) is 11.0 Å². The van der Waals surface area contributed by atoms with Crippen molar-refractivity contribution in [2.24, 2.45) is 0 Å². The molecule has 1 saturated carbocycles. The summed E-state index contributed by atoms with van der Waals surface area (Å²) in [6.07, 6.45) is 5.73. The highest BCUT2D eigenvalue weighted by Gasteiger charge is 2.20. The van der Waals surface area contributed by atoms with E-state index in [4.69, 9.17) is 0 Å². The van der Waals surface area contributed by atoms with Gasteiger partial charge in [-0.05, 0) is 43.5 Å². The Morgan fingerprint density at radius 2 is 1.85 bits per heavy atom. The molecule has 0 unspecified atom stereocenters. The lowest BCUT2D eigenvalue weighted by Gasteiger charge is -2.22. The molecule has 1 aliphatic carbocycles. The number of amides is 1. The van der Waals surface area contributed by atoms with Crippen LogP contribution < -0.4 is 10.2 Å². The van der Waals surface area contributed by atoms with Crippen molar-refractivity contribution >= 4 is 39.2 Å². The van der Waals surface area contributed by atoms with Crippen molar-refractivity contribution in [2.45, 2.75) is 56.8 Å². The molecule has 7 nitrogen and oxygen atoms in total. The first kappa shape index (κ1) is 22.9. The number of aryl methyl sites for hydroxylation is 1. The number of hydrogen-bond acceptors (Lipinski definition) is 6. The predicted molar refractivity (Wildman–Crippen MR) is 137 cm³/mol. The Morgan fingerprint density at radius 3 is 2.68 bits per heavy atom. The number of rotatable bonds is 7. The molecule has 4 aromatic rings. The molecule has 0 spiro atoms. The molecule has 1 aliphatic rings. The maximum atomic E-state index is 12.7. The first-order valence-electron chi connectivity index (χ1n) is 11.6. The lowest BCUT2D eigenvalue weighted by atomic mass is 9.95. The second kappa shape index (κ2) is 10.1. The molecule has 2 aromatic heterocycles. The van der Waals surface area contributed by atoms with Gasteiger partial charge >= 0.3 is 4.87 Å². The van der Waals surface area contributed by atoms with Crippen LogP contribution in [0.15, 0.2) is 58.5 Å². The number of nitrogens with zero attached hydrogens (tertiary/aromatic N) is 4. The van der Waals surface area contributed by atoms with E-state index >= 15 is 0 Å². The van der Waals surface area contributed by atoms with Gasteiger partial charge in [-0.15, -0.1) is 10.2 Å². The van der Waals surface area contributed by atoms with Crippen LogP contribution in [0.4, 0.5) is 0 Å². The zero-order valence-electron chi connectivity index (χ0n) is 19.1. The van der Waals surface area contributed by atoms with E-state index in [2.05, 4.69) is 15.5 Å². The van der Waals surface area contributed by atoms with E-state index in [1.54, 1.807) is 4.57 Å². The summed E-state index contributed by atoms with van der Waals surface area (Å²) in [5.41, 5.74) is 2.91. The van der Waals surface area contributed by atoms with Crippen LogP contribution in [-0.4, -0.2) is 37.0 Å². The molecule has 0 aliphatic heterocycles. The quantitative estimate of drug-likeness (QED) is 0.382. The van der Waals surface area contributed by atoms with Crippen molar-refractivity contribution in [1.82, 2.24) is 24.6 Å². The molecule has 9 heteroatoms. The number of benzene rings is 2. The number of fused-ring (bicyclic) bond motifs is 1. The summed E-state index contributed by atoms with van der Waals surface area (Å²) in [5, 5.41) is 12.7. The number of aromatic nitrogens is 4. The van der Waals surface area contributed by atoms with E-state index in [0.717, 1.165) is 34.3 Å². The predicted octanol–water partition coefficient (Wildman–Crippen LogP) is 4.54. The zero-order chi connectivity index (χ0) is 23.5. The molecule has 0 atom stereocenters. The highest BCUT2D eigenvalue weighted by atomic mass is 32.2. The summed E-state index contributed by atoms with van der Waals surface area (Å²) in [6.45, 7) is 2.34. The normalized spacial score (nSPS) is 14.5. The Balaban J connectivity index is 1.43. The molecule has 0 saturated heterocycles. The van der Waals surface area contributed by atoms with Gasteiger partial charge in [0.05, 0.1) is 28.2 Å². The van der Waals surface area contributed by atoms with E-state index < -0.39 is 0 Å². The minimum Gasteiger partial charge on any atom is -0.353 e. The Hall–Kier alpha value is -2.91. The second-order valence-corrected chi connectivity index (χ2v) is 10.6. The van der Waals surface area contributed by atoms with E-state index in [9.17, 15) is 9.59 Å². The summed E-state index contributed by atoms with van der Waals surface area (Å²) in [7, 11) is 0. The van der Waals surface area contributed by atoms with Crippen LogP contribution in [0, 0.1) is 6.92 Å². The van der Waals surface area contributed by atoms with Crippen LogP contribution in [0.1, 0.15) is 43.5 Å². The third kappa shape index (κ3) is 4.81. The van der Waals surface area contributed by atoms with Crippen LogP contribution in [-0.2, 0) is 11.3 Å². The van der Waals surface area contributed by atoms with Crippen molar-refractivity contribution in [3.63, 3.8) is 0 Å². The maximum Gasteiger partial charge on any atom is 0.308 e. The lowest BCUT2D eigenvalue weighted by molar-refractivity contribution is -0.119. The van der Waals surface area contributed by atoms with Crippen molar-refractivity contribution in [3.8, 4) is 5.69 Å². The minimum atomic E-state index is -0.0263. The van der Waals surface area contributed by atoms with Crippen LogP contribution in [0.3, 0.4) is 0 Å². The van der Waals surface area contributed by atoms with Gasteiger partial charge in [-0.25, -0.2) is 0 Å². The van der Waals surface area contributed by atoms with E-state index in [1.165, 1.54) is 42.4 Å². The van der Waals surface area contributed by atoms with Crippen molar-refractivity contribution in [1.29, 1.82) is 0 Å². The third-order valence-corrected chi connectivity index (χ3v) is 8.12. The number of nitrogens with one attached hydrogen (secondary N) is 1.